The van der Waals surface area contributed by atoms with Gasteiger partial charge < -0.3 is 72.2 Å². The molecule has 5 amide bonds. The standard InChI is InChI=1S/C54H74N4O18/c59-49-13-12-48(51(60)57-49)58-52(61)45-10-5-11-47(50(45)53(58)62)55-14-16-64-18-20-66-22-24-68-26-28-70-30-32-72-34-36-74-38-39-75-37-35-73-33-31-71-29-27-69-25-23-67-21-19-65-17-15-56-54(63)76-40-46-43-8-3-1-6-41(43)42-7-2-4-9-44(42)46/h1-11,46,48,55H,12-40H2,(H,56,63)(H,57,59,60). The van der Waals surface area contributed by atoms with Gasteiger partial charge in [-0.25, -0.2) is 4.79 Å². The number of benzene rings is 3. The maximum atomic E-state index is 13.2. The summed E-state index contributed by atoms with van der Waals surface area (Å²) in [6.07, 6.45) is -0.306. The summed E-state index contributed by atoms with van der Waals surface area (Å²) in [5, 5.41) is 8.08. The van der Waals surface area contributed by atoms with E-state index in [1.54, 1.807) is 18.2 Å². The van der Waals surface area contributed by atoms with Crippen LogP contribution in [0.15, 0.2) is 66.7 Å². The van der Waals surface area contributed by atoms with Crippen LogP contribution in [-0.4, -0.2) is 219 Å². The van der Waals surface area contributed by atoms with Gasteiger partial charge in [0, 0.05) is 31.1 Å². The Balaban J connectivity index is 0.588. The van der Waals surface area contributed by atoms with Crippen LogP contribution in [0, 0.1) is 0 Å². The number of ether oxygens (including phenoxy) is 13. The molecule has 1 unspecified atom stereocenters. The minimum atomic E-state index is -1.02. The van der Waals surface area contributed by atoms with Crippen LogP contribution in [-0.2, 0) is 71.2 Å². The number of carbonyl (C=O) groups excluding carboxylic acids is 5. The van der Waals surface area contributed by atoms with Crippen molar-refractivity contribution in [3.05, 3.63) is 89.0 Å². The van der Waals surface area contributed by atoms with Gasteiger partial charge in [0.05, 0.1) is 170 Å². The van der Waals surface area contributed by atoms with E-state index in [1.807, 2.05) is 24.3 Å². The lowest BCUT2D eigenvalue weighted by Gasteiger charge is -2.27. The molecule has 1 aliphatic carbocycles. The fourth-order valence-corrected chi connectivity index (χ4v) is 8.32. The van der Waals surface area contributed by atoms with Gasteiger partial charge in [-0.1, -0.05) is 54.6 Å². The number of anilines is 1. The van der Waals surface area contributed by atoms with Crippen molar-refractivity contribution < 1.29 is 85.6 Å². The summed E-state index contributed by atoms with van der Waals surface area (Å²) < 4.78 is 71.9. The number of piperidine rings is 1. The van der Waals surface area contributed by atoms with Gasteiger partial charge in [0.1, 0.15) is 12.6 Å². The third-order valence-electron chi connectivity index (χ3n) is 12.0. The van der Waals surface area contributed by atoms with Crippen molar-refractivity contribution in [2.45, 2.75) is 24.8 Å². The fourth-order valence-electron chi connectivity index (χ4n) is 8.32. The Morgan fingerprint density at radius 3 is 1.30 bits per heavy atom. The second-order valence-electron chi connectivity index (χ2n) is 17.2. The molecule has 3 aromatic carbocycles. The van der Waals surface area contributed by atoms with Crippen molar-refractivity contribution in [2.75, 3.05) is 184 Å². The van der Waals surface area contributed by atoms with Crippen molar-refractivity contribution in [3.8, 4) is 11.1 Å². The van der Waals surface area contributed by atoms with Crippen molar-refractivity contribution in [2.24, 2.45) is 0 Å². The SMILES string of the molecule is O=C1CCC(N2C(=O)c3cccc(NCCOCCOCCOCCOCCOCCOCCOCCOCCOCCOCCOCCOCCNC(=O)OCC4c5ccccc5-c5ccccc54)c3C2=O)C(=O)N1. The second-order valence-corrected chi connectivity index (χ2v) is 17.2. The number of hydrogen-bond acceptors (Lipinski definition) is 19. The Hall–Kier alpha value is -5.47. The van der Waals surface area contributed by atoms with E-state index in [4.69, 9.17) is 61.6 Å². The molecule has 76 heavy (non-hydrogen) atoms. The lowest BCUT2D eigenvalue weighted by atomic mass is 9.98. The van der Waals surface area contributed by atoms with Gasteiger partial charge in [-0.15, -0.1) is 0 Å². The zero-order valence-electron chi connectivity index (χ0n) is 43.3. The van der Waals surface area contributed by atoms with Crippen molar-refractivity contribution >= 4 is 35.4 Å². The Kier molecular flexibility index (Phi) is 28.1. The van der Waals surface area contributed by atoms with Crippen LogP contribution in [0.4, 0.5) is 10.5 Å². The highest BCUT2D eigenvalue weighted by Gasteiger charge is 2.45. The molecule has 3 aliphatic rings. The van der Waals surface area contributed by atoms with E-state index in [0.717, 1.165) is 4.90 Å². The van der Waals surface area contributed by atoms with E-state index in [9.17, 15) is 24.0 Å². The molecule has 0 radical (unpaired) electrons. The zero-order valence-corrected chi connectivity index (χ0v) is 43.3. The summed E-state index contributed by atoms with van der Waals surface area (Å²) in [6.45, 7) is 11.3. The number of nitrogens with zero attached hydrogens (tertiary/aromatic N) is 1. The average Bonchev–Trinajstić information content (AvgIpc) is 3.97. The monoisotopic (exact) mass is 1070 g/mol. The van der Waals surface area contributed by atoms with Gasteiger partial charge in [0.2, 0.25) is 11.8 Å². The van der Waals surface area contributed by atoms with Crippen molar-refractivity contribution in [1.82, 2.24) is 15.5 Å². The van der Waals surface area contributed by atoms with E-state index < -0.39 is 35.8 Å². The maximum Gasteiger partial charge on any atom is 0.407 e. The molecule has 0 spiro atoms. The summed E-state index contributed by atoms with van der Waals surface area (Å²) in [5.41, 5.74) is 5.63. The first kappa shape index (κ1) is 59.8. The van der Waals surface area contributed by atoms with E-state index in [0.29, 0.717) is 177 Å². The molecule has 0 saturated carbocycles. The molecular weight excluding hydrogens is 993 g/mol. The van der Waals surface area contributed by atoms with Crippen LogP contribution in [0.2, 0.25) is 0 Å². The number of carbonyl (C=O) groups is 5. The number of alkyl carbamates (subject to hydrolysis) is 1. The molecule has 0 aromatic heterocycles. The summed E-state index contributed by atoms with van der Waals surface area (Å²) in [5.74, 6) is -2.16. The normalized spacial score (nSPS) is 15.0. The molecule has 3 N–H and O–H groups in total. The molecule has 22 heteroatoms. The number of fused-ring (bicyclic) bond motifs is 4. The minimum Gasteiger partial charge on any atom is -0.449 e. The predicted octanol–water partition coefficient (Wildman–Crippen LogP) is 3.24. The van der Waals surface area contributed by atoms with Gasteiger partial charge in [-0.05, 0) is 40.8 Å². The van der Waals surface area contributed by atoms with Gasteiger partial charge in [-0.2, -0.15) is 0 Å². The van der Waals surface area contributed by atoms with Crippen molar-refractivity contribution in [1.29, 1.82) is 0 Å². The highest BCUT2D eigenvalue weighted by molar-refractivity contribution is 6.25. The number of nitrogens with one attached hydrogen (secondary N) is 3. The van der Waals surface area contributed by atoms with Gasteiger partial charge >= 0.3 is 6.09 Å². The zero-order chi connectivity index (χ0) is 53.3. The Bertz CT molecular complexity index is 2170. The van der Waals surface area contributed by atoms with Gasteiger partial charge in [-0.3, -0.25) is 29.4 Å². The highest BCUT2D eigenvalue weighted by atomic mass is 16.6. The molecule has 2 heterocycles. The minimum absolute atomic E-state index is 0.0239. The molecule has 2 aliphatic heterocycles. The molecule has 3 aromatic rings. The fraction of sp³-hybridized carbons (Fsp3) is 0.574. The summed E-state index contributed by atoms with van der Waals surface area (Å²) >= 11 is 0. The van der Waals surface area contributed by atoms with Crippen LogP contribution in [0.5, 0.6) is 0 Å². The quantitative estimate of drug-likeness (QED) is 0.0544. The van der Waals surface area contributed by atoms with E-state index >= 15 is 0 Å². The van der Waals surface area contributed by atoms with Crippen LogP contribution in [0.3, 0.4) is 0 Å². The summed E-state index contributed by atoms with van der Waals surface area (Å²) in [4.78, 5) is 63.3. The van der Waals surface area contributed by atoms with E-state index in [-0.39, 0.29) is 36.5 Å². The molecule has 6 rings (SSSR count). The predicted molar refractivity (Wildman–Crippen MR) is 275 cm³/mol. The molecule has 418 valence electrons. The Morgan fingerprint density at radius 2 is 0.868 bits per heavy atom. The van der Waals surface area contributed by atoms with Crippen molar-refractivity contribution in [3.63, 3.8) is 0 Å². The highest BCUT2D eigenvalue weighted by Crippen LogP contribution is 2.44. The smallest absolute Gasteiger partial charge is 0.407 e. The average molecular weight is 1070 g/mol. The molecule has 1 fully saturated rings. The van der Waals surface area contributed by atoms with E-state index in [1.165, 1.54) is 22.3 Å². The number of rotatable bonds is 43. The van der Waals surface area contributed by atoms with Gasteiger partial charge in [0.25, 0.3) is 11.8 Å². The van der Waals surface area contributed by atoms with Crippen LogP contribution in [0.1, 0.15) is 50.6 Å². The Morgan fingerprint density at radius 1 is 0.474 bits per heavy atom. The van der Waals surface area contributed by atoms with Gasteiger partial charge in [0.15, 0.2) is 0 Å². The molecular formula is C54H74N4O18. The number of hydrogen-bond donors (Lipinski definition) is 3. The maximum absolute atomic E-state index is 13.2. The first-order valence-corrected chi connectivity index (χ1v) is 26.0. The summed E-state index contributed by atoms with van der Waals surface area (Å²) in [6, 6.07) is 20.4. The molecule has 1 atom stereocenters. The second kappa shape index (κ2) is 35.8. The third kappa shape index (κ3) is 20.5. The third-order valence-corrected chi connectivity index (χ3v) is 12.0. The van der Waals surface area contributed by atoms with Crippen LogP contribution < -0.4 is 16.0 Å². The lowest BCUT2D eigenvalue weighted by molar-refractivity contribution is -0.136. The van der Waals surface area contributed by atoms with Crippen LogP contribution >= 0.6 is 0 Å². The first-order chi connectivity index (χ1) is 37.4. The van der Waals surface area contributed by atoms with Crippen LogP contribution in [0.25, 0.3) is 11.1 Å². The summed E-state index contributed by atoms with van der Waals surface area (Å²) in [7, 11) is 0. The molecule has 1 saturated heterocycles. The number of imide groups is 2. The largest absolute Gasteiger partial charge is 0.449 e. The lowest BCUT2D eigenvalue weighted by Crippen LogP contribution is -2.54. The Labute approximate surface area is 443 Å². The first-order valence-electron chi connectivity index (χ1n) is 26.0. The number of amides is 5. The topological polar surface area (TPSA) is 245 Å². The van der Waals surface area contributed by atoms with E-state index in [2.05, 4.69) is 40.2 Å². The molecule has 0 bridgehead atoms. The molecule has 22 nitrogen and oxygen atoms in total.